The van der Waals surface area contributed by atoms with Gasteiger partial charge >= 0.3 is 5.97 Å². The number of carboxylic acids is 1. The number of amides is 1. The standard InChI is InChI=1S/C19H19ClFNO4/c1-26-14-4-2-3-12(9-14)5-8-18(23)22-17(11-19(24)25)13-6-7-15(20)16(21)10-13/h2-4,6-7,9-10,17H,5,8,11H2,1H3,(H,22,23)(H,24,25). The Morgan fingerprint density at radius 2 is 2.04 bits per heavy atom. The fourth-order valence-electron chi connectivity index (χ4n) is 2.51. The summed E-state index contributed by atoms with van der Waals surface area (Å²) in [6, 6.07) is 10.5. The third-order valence-corrected chi connectivity index (χ3v) is 4.14. The Labute approximate surface area is 155 Å². The average Bonchev–Trinajstić information content (AvgIpc) is 2.61. The lowest BCUT2D eigenvalue weighted by molar-refractivity contribution is -0.137. The van der Waals surface area contributed by atoms with E-state index in [1.807, 2.05) is 24.3 Å². The van der Waals surface area contributed by atoms with Crippen molar-refractivity contribution in [3.8, 4) is 5.75 Å². The zero-order chi connectivity index (χ0) is 19.1. The fraction of sp³-hybridized carbons (Fsp3) is 0.263. The maximum Gasteiger partial charge on any atom is 0.305 e. The third-order valence-electron chi connectivity index (χ3n) is 3.83. The third kappa shape index (κ3) is 5.74. The van der Waals surface area contributed by atoms with Gasteiger partial charge in [0.2, 0.25) is 5.91 Å². The second kappa shape index (κ2) is 9.20. The van der Waals surface area contributed by atoms with Gasteiger partial charge in [-0.15, -0.1) is 0 Å². The summed E-state index contributed by atoms with van der Waals surface area (Å²) in [5.41, 5.74) is 1.27. The van der Waals surface area contributed by atoms with Crippen molar-refractivity contribution in [3.63, 3.8) is 0 Å². The maximum absolute atomic E-state index is 13.7. The molecule has 0 bridgehead atoms. The molecular formula is C19H19ClFNO4. The highest BCUT2D eigenvalue weighted by atomic mass is 35.5. The Kier molecular flexibility index (Phi) is 6.97. The van der Waals surface area contributed by atoms with Crippen molar-refractivity contribution >= 4 is 23.5 Å². The zero-order valence-corrected chi connectivity index (χ0v) is 14.9. The van der Waals surface area contributed by atoms with Crippen molar-refractivity contribution in [2.24, 2.45) is 0 Å². The van der Waals surface area contributed by atoms with E-state index in [1.165, 1.54) is 12.1 Å². The molecule has 2 N–H and O–H groups in total. The Hall–Kier alpha value is -2.60. The van der Waals surface area contributed by atoms with Gasteiger partial charge < -0.3 is 15.2 Å². The number of ether oxygens (including phenoxy) is 1. The van der Waals surface area contributed by atoms with Crippen LogP contribution >= 0.6 is 11.6 Å². The lowest BCUT2D eigenvalue weighted by atomic mass is 10.0. The number of rotatable bonds is 8. The molecule has 26 heavy (non-hydrogen) atoms. The van der Waals surface area contributed by atoms with Crippen LogP contribution in [0, 0.1) is 5.82 Å². The van der Waals surface area contributed by atoms with Crippen molar-refractivity contribution in [3.05, 3.63) is 64.4 Å². The normalized spacial score (nSPS) is 11.7. The first-order chi connectivity index (χ1) is 12.4. The van der Waals surface area contributed by atoms with E-state index in [9.17, 15) is 14.0 Å². The van der Waals surface area contributed by atoms with E-state index in [1.54, 1.807) is 7.11 Å². The van der Waals surface area contributed by atoms with Gasteiger partial charge in [0, 0.05) is 6.42 Å². The first kappa shape index (κ1) is 19.7. The molecule has 0 heterocycles. The number of hydrogen-bond donors (Lipinski definition) is 2. The monoisotopic (exact) mass is 379 g/mol. The van der Waals surface area contributed by atoms with Crippen LogP contribution in [-0.4, -0.2) is 24.1 Å². The summed E-state index contributed by atoms with van der Waals surface area (Å²) < 4.78 is 18.8. The second-order valence-electron chi connectivity index (χ2n) is 5.74. The van der Waals surface area contributed by atoms with Crippen molar-refractivity contribution in [2.45, 2.75) is 25.3 Å². The first-order valence-corrected chi connectivity index (χ1v) is 8.36. The molecule has 0 fully saturated rings. The summed E-state index contributed by atoms with van der Waals surface area (Å²) in [4.78, 5) is 23.3. The van der Waals surface area contributed by atoms with Gasteiger partial charge in [0.25, 0.3) is 0 Å². The summed E-state index contributed by atoms with van der Waals surface area (Å²) in [5, 5.41) is 11.6. The molecule has 2 rings (SSSR count). The largest absolute Gasteiger partial charge is 0.497 e. The number of aliphatic carboxylic acids is 1. The summed E-state index contributed by atoms with van der Waals surface area (Å²) in [6.07, 6.45) is 0.281. The van der Waals surface area contributed by atoms with Gasteiger partial charge in [-0.3, -0.25) is 9.59 Å². The Morgan fingerprint density at radius 1 is 1.27 bits per heavy atom. The van der Waals surface area contributed by atoms with Crippen LogP contribution in [0.4, 0.5) is 4.39 Å². The maximum atomic E-state index is 13.7. The van der Waals surface area contributed by atoms with Crippen LogP contribution in [0.15, 0.2) is 42.5 Å². The molecule has 138 valence electrons. The van der Waals surface area contributed by atoms with Crippen LogP contribution in [0.2, 0.25) is 5.02 Å². The number of benzene rings is 2. The molecule has 1 atom stereocenters. The molecule has 0 spiro atoms. The van der Waals surface area contributed by atoms with Gasteiger partial charge in [0.05, 0.1) is 24.6 Å². The lowest BCUT2D eigenvalue weighted by Gasteiger charge is -2.18. The Balaban J connectivity index is 2.03. The predicted octanol–water partition coefficient (Wildman–Crippen LogP) is 3.75. The topological polar surface area (TPSA) is 75.6 Å². The lowest BCUT2D eigenvalue weighted by Crippen LogP contribution is -2.30. The van der Waals surface area contributed by atoms with E-state index in [2.05, 4.69) is 5.32 Å². The van der Waals surface area contributed by atoms with Gasteiger partial charge in [-0.2, -0.15) is 0 Å². The highest BCUT2D eigenvalue weighted by Gasteiger charge is 2.19. The minimum Gasteiger partial charge on any atom is -0.497 e. The number of carbonyl (C=O) groups is 2. The van der Waals surface area contributed by atoms with Gasteiger partial charge in [-0.05, 0) is 41.8 Å². The average molecular weight is 380 g/mol. The molecule has 0 radical (unpaired) electrons. The summed E-state index contributed by atoms with van der Waals surface area (Å²) in [6.45, 7) is 0. The van der Waals surface area contributed by atoms with Crippen molar-refractivity contribution < 1.29 is 23.8 Å². The summed E-state index contributed by atoms with van der Waals surface area (Å²) >= 11 is 5.65. The summed E-state index contributed by atoms with van der Waals surface area (Å²) in [5.74, 6) is -1.39. The minimum absolute atomic E-state index is 0.0628. The molecule has 0 aliphatic carbocycles. The van der Waals surface area contributed by atoms with Crippen LogP contribution in [0.5, 0.6) is 5.75 Å². The van der Waals surface area contributed by atoms with Crippen molar-refractivity contribution in [1.29, 1.82) is 0 Å². The minimum atomic E-state index is -1.10. The molecular weight excluding hydrogens is 361 g/mol. The SMILES string of the molecule is COc1cccc(CCC(=O)NC(CC(=O)O)c2ccc(Cl)c(F)c2)c1. The van der Waals surface area contributed by atoms with Crippen LogP contribution in [-0.2, 0) is 16.0 Å². The Morgan fingerprint density at radius 3 is 2.69 bits per heavy atom. The van der Waals surface area contributed by atoms with Crippen LogP contribution < -0.4 is 10.1 Å². The molecule has 0 aliphatic heterocycles. The van der Waals surface area contributed by atoms with Gasteiger partial charge in [0.15, 0.2) is 0 Å². The van der Waals surface area contributed by atoms with Crippen LogP contribution in [0.1, 0.15) is 30.0 Å². The first-order valence-electron chi connectivity index (χ1n) is 7.98. The molecule has 0 aromatic heterocycles. The van der Waals surface area contributed by atoms with E-state index in [-0.39, 0.29) is 23.8 Å². The highest BCUT2D eigenvalue weighted by Crippen LogP contribution is 2.23. The molecule has 1 amide bonds. The zero-order valence-electron chi connectivity index (χ0n) is 14.2. The van der Waals surface area contributed by atoms with Gasteiger partial charge in [-0.1, -0.05) is 29.8 Å². The number of methoxy groups -OCH3 is 1. The molecule has 7 heteroatoms. The van der Waals surface area contributed by atoms with E-state index >= 15 is 0 Å². The smallest absolute Gasteiger partial charge is 0.305 e. The van der Waals surface area contributed by atoms with Crippen molar-refractivity contribution in [2.75, 3.05) is 7.11 Å². The molecule has 2 aromatic rings. The number of carboxylic acid groups (broad SMARTS) is 1. The van der Waals surface area contributed by atoms with E-state index in [0.29, 0.717) is 17.7 Å². The van der Waals surface area contributed by atoms with E-state index < -0.39 is 17.8 Å². The molecule has 1 unspecified atom stereocenters. The Bertz CT molecular complexity index is 797. The number of carbonyl (C=O) groups excluding carboxylic acids is 1. The quantitative estimate of drug-likeness (QED) is 0.732. The predicted molar refractivity (Wildman–Crippen MR) is 95.9 cm³/mol. The molecule has 0 saturated heterocycles. The molecule has 5 nitrogen and oxygen atoms in total. The van der Waals surface area contributed by atoms with Crippen LogP contribution in [0.25, 0.3) is 0 Å². The van der Waals surface area contributed by atoms with Crippen LogP contribution in [0.3, 0.4) is 0 Å². The number of hydrogen-bond acceptors (Lipinski definition) is 3. The van der Waals surface area contributed by atoms with Gasteiger partial charge in [0.1, 0.15) is 11.6 Å². The summed E-state index contributed by atoms with van der Waals surface area (Å²) in [7, 11) is 1.56. The fourth-order valence-corrected chi connectivity index (χ4v) is 2.63. The van der Waals surface area contributed by atoms with E-state index in [4.69, 9.17) is 21.4 Å². The van der Waals surface area contributed by atoms with Crippen molar-refractivity contribution in [1.82, 2.24) is 5.32 Å². The number of halogens is 2. The number of aryl methyl sites for hydroxylation is 1. The van der Waals surface area contributed by atoms with Gasteiger partial charge in [-0.25, -0.2) is 4.39 Å². The second-order valence-corrected chi connectivity index (χ2v) is 6.15. The molecule has 2 aromatic carbocycles. The molecule has 0 aliphatic rings. The van der Waals surface area contributed by atoms with E-state index in [0.717, 1.165) is 11.6 Å². The highest BCUT2D eigenvalue weighted by molar-refractivity contribution is 6.30. The molecule has 0 saturated carbocycles. The number of nitrogens with one attached hydrogen (secondary N) is 1.